The van der Waals surface area contributed by atoms with Crippen LogP contribution in [0.25, 0.3) is 21.6 Å². The van der Waals surface area contributed by atoms with Gasteiger partial charge in [-0.15, -0.1) is 11.3 Å². The number of nitrogens with two attached hydrogens (primary N) is 1. The molecule has 1 fully saturated rings. The van der Waals surface area contributed by atoms with Crippen molar-refractivity contribution in [2.24, 2.45) is 5.73 Å². The molecule has 1 amide bonds. The molecule has 0 aliphatic heterocycles. The first kappa shape index (κ1) is 25.9. The molecule has 1 aliphatic rings. The second kappa shape index (κ2) is 10.8. The summed E-state index contributed by atoms with van der Waals surface area (Å²) in [6.07, 6.45) is 3.19. The molecule has 1 aliphatic carbocycles. The van der Waals surface area contributed by atoms with Crippen LogP contribution in [-0.2, 0) is 19.7 Å². The number of thiophene rings is 1. The van der Waals surface area contributed by atoms with Crippen molar-refractivity contribution in [3.8, 4) is 21.6 Å². The Bertz CT molecular complexity index is 1290. The monoisotopic (exact) mass is 525 g/mol. The Morgan fingerprint density at radius 2 is 1.67 bits per heavy atom. The molecule has 2 N–H and O–H groups in total. The van der Waals surface area contributed by atoms with Crippen molar-refractivity contribution < 1.29 is 23.9 Å². The van der Waals surface area contributed by atoms with Crippen LogP contribution in [0.1, 0.15) is 65.8 Å². The summed E-state index contributed by atoms with van der Waals surface area (Å²) in [5.74, 6) is -1.23. The van der Waals surface area contributed by atoms with Crippen LogP contribution in [-0.4, -0.2) is 31.1 Å². The number of hydrogen-bond acceptors (Lipinski definition) is 6. The van der Waals surface area contributed by atoms with Gasteiger partial charge < -0.3 is 15.2 Å². The average Bonchev–Trinajstić information content (AvgIpc) is 3.59. The van der Waals surface area contributed by atoms with Crippen LogP contribution in [0.3, 0.4) is 0 Å². The molecule has 0 radical (unpaired) electrons. The lowest BCUT2D eigenvalue weighted by Crippen LogP contribution is -2.23. The molecule has 2 aromatic carbocycles. The van der Waals surface area contributed by atoms with Crippen LogP contribution < -0.4 is 5.73 Å². The third-order valence-electron chi connectivity index (χ3n) is 6.36. The maximum absolute atomic E-state index is 13.1. The minimum atomic E-state index is -0.588. The van der Waals surface area contributed by atoms with E-state index in [1.807, 2.05) is 43.3 Å². The molecule has 1 saturated carbocycles. The van der Waals surface area contributed by atoms with Crippen molar-refractivity contribution in [1.82, 2.24) is 0 Å². The Kier molecular flexibility index (Phi) is 7.81. The highest BCUT2D eigenvalue weighted by molar-refractivity contribution is 7.19. The first-order valence-electron chi connectivity index (χ1n) is 12.0. The lowest BCUT2D eigenvalue weighted by Gasteiger charge is -2.16. The first-order chi connectivity index (χ1) is 17.3. The number of halogens is 1. The molecular weight excluding hydrogens is 498 g/mol. The molecule has 36 heavy (non-hydrogen) atoms. The molecule has 1 heterocycles. The summed E-state index contributed by atoms with van der Waals surface area (Å²) in [7, 11) is 0. The molecule has 188 valence electrons. The van der Waals surface area contributed by atoms with E-state index in [0.717, 1.165) is 36.8 Å². The second-order valence-electron chi connectivity index (χ2n) is 8.79. The van der Waals surface area contributed by atoms with E-state index in [1.165, 1.54) is 17.4 Å². The van der Waals surface area contributed by atoms with Crippen molar-refractivity contribution in [1.29, 1.82) is 0 Å². The zero-order valence-electron chi connectivity index (χ0n) is 20.3. The van der Waals surface area contributed by atoms with Gasteiger partial charge in [-0.05, 0) is 60.6 Å². The van der Waals surface area contributed by atoms with E-state index < -0.39 is 17.3 Å². The van der Waals surface area contributed by atoms with Gasteiger partial charge in [0.15, 0.2) is 0 Å². The van der Waals surface area contributed by atoms with Crippen molar-refractivity contribution in [2.75, 3.05) is 13.2 Å². The third-order valence-corrected chi connectivity index (χ3v) is 7.68. The molecule has 0 atom stereocenters. The predicted molar refractivity (Wildman–Crippen MR) is 141 cm³/mol. The van der Waals surface area contributed by atoms with Crippen molar-refractivity contribution in [3.05, 3.63) is 69.6 Å². The zero-order chi connectivity index (χ0) is 25.9. The number of esters is 2. The Labute approximate surface area is 219 Å². The maximum Gasteiger partial charge on any atom is 0.338 e. The van der Waals surface area contributed by atoms with Gasteiger partial charge in [-0.25, -0.2) is 4.79 Å². The van der Waals surface area contributed by atoms with Crippen LogP contribution in [0.15, 0.2) is 48.5 Å². The number of hydrogen-bond donors (Lipinski definition) is 1. The zero-order valence-corrected chi connectivity index (χ0v) is 21.8. The molecule has 1 aromatic heterocycles. The largest absolute Gasteiger partial charge is 0.465 e. The summed E-state index contributed by atoms with van der Waals surface area (Å²) in [5, 5.41) is 0. The highest BCUT2D eigenvalue weighted by atomic mass is 35.5. The number of rotatable bonds is 10. The van der Waals surface area contributed by atoms with Gasteiger partial charge >= 0.3 is 11.9 Å². The number of primary amides is 1. The molecule has 8 heteroatoms. The van der Waals surface area contributed by atoms with Crippen LogP contribution in [0.2, 0.25) is 4.34 Å². The van der Waals surface area contributed by atoms with Crippen molar-refractivity contribution >= 4 is 40.8 Å². The van der Waals surface area contributed by atoms with E-state index in [4.69, 9.17) is 26.8 Å². The fraction of sp³-hybridized carbons (Fsp3) is 0.321. The Hall–Kier alpha value is -3.16. The summed E-state index contributed by atoms with van der Waals surface area (Å²) in [6.45, 7) is 4.49. The van der Waals surface area contributed by atoms with Gasteiger partial charge in [0.2, 0.25) is 5.91 Å². The normalized spacial score (nSPS) is 13.8. The quantitative estimate of drug-likeness (QED) is 0.244. The van der Waals surface area contributed by atoms with Gasteiger partial charge in [-0.1, -0.05) is 61.3 Å². The average molecular weight is 526 g/mol. The SMILES string of the molecule is CCCCOC(=O)c1cc(-c2sc(Cl)cc2C(N)=O)ccc1-c1ccc(C2(C(=O)OCC)CC2)cc1. The van der Waals surface area contributed by atoms with E-state index >= 15 is 0 Å². The number of carbonyl (C=O) groups excluding carboxylic acids is 3. The maximum atomic E-state index is 13.1. The van der Waals surface area contributed by atoms with E-state index in [2.05, 4.69) is 0 Å². The minimum Gasteiger partial charge on any atom is -0.465 e. The molecule has 0 spiro atoms. The lowest BCUT2D eigenvalue weighted by molar-refractivity contribution is -0.146. The summed E-state index contributed by atoms with van der Waals surface area (Å²) in [5.41, 5.74) is 8.73. The van der Waals surface area contributed by atoms with Crippen LogP contribution in [0, 0.1) is 0 Å². The molecule has 0 bridgehead atoms. The predicted octanol–water partition coefficient (Wildman–Crippen LogP) is 6.39. The highest BCUT2D eigenvalue weighted by Gasteiger charge is 2.52. The highest BCUT2D eigenvalue weighted by Crippen LogP contribution is 2.49. The van der Waals surface area contributed by atoms with E-state index in [0.29, 0.717) is 44.7 Å². The van der Waals surface area contributed by atoms with Gasteiger partial charge in [0, 0.05) is 4.88 Å². The van der Waals surface area contributed by atoms with E-state index in [9.17, 15) is 14.4 Å². The van der Waals surface area contributed by atoms with Crippen molar-refractivity contribution in [2.45, 2.75) is 44.9 Å². The molecule has 0 unspecified atom stereocenters. The molecule has 3 aromatic rings. The fourth-order valence-corrected chi connectivity index (χ4v) is 5.45. The van der Waals surface area contributed by atoms with Gasteiger partial charge in [-0.3, -0.25) is 9.59 Å². The number of unbranched alkanes of at least 4 members (excludes halogenated alkanes) is 1. The molecule has 0 saturated heterocycles. The van der Waals surface area contributed by atoms with Gasteiger partial charge in [0.1, 0.15) is 0 Å². The Morgan fingerprint density at radius 3 is 2.28 bits per heavy atom. The second-order valence-corrected chi connectivity index (χ2v) is 10.5. The van der Waals surface area contributed by atoms with Gasteiger partial charge in [0.05, 0.1) is 34.1 Å². The molecular formula is C28H28ClNO5S. The fourth-order valence-electron chi connectivity index (χ4n) is 4.23. The third kappa shape index (κ3) is 5.18. The van der Waals surface area contributed by atoms with Crippen LogP contribution in [0.5, 0.6) is 0 Å². The van der Waals surface area contributed by atoms with Gasteiger partial charge in [-0.2, -0.15) is 0 Å². The standard InChI is InChI=1S/C28H28ClNO5S/c1-3-5-14-35-26(32)21-15-18(24-22(25(30)31)16-23(29)36-24)8-11-20(21)17-6-9-19(10-7-17)28(12-13-28)27(33)34-4-2/h6-11,15-16H,3-5,12-14H2,1-2H3,(H2,30,31). The van der Waals surface area contributed by atoms with E-state index in [-0.39, 0.29) is 5.97 Å². The number of benzene rings is 2. The summed E-state index contributed by atoms with van der Waals surface area (Å²) < 4.78 is 11.2. The molecule has 4 rings (SSSR count). The number of amides is 1. The Balaban J connectivity index is 1.73. The van der Waals surface area contributed by atoms with Crippen LogP contribution >= 0.6 is 22.9 Å². The Morgan fingerprint density at radius 1 is 0.972 bits per heavy atom. The summed E-state index contributed by atoms with van der Waals surface area (Å²) >= 11 is 7.38. The topological polar surface area (TPSA) is 95.7 Å². The van der Waals surface area contributed by atoms with Crippen molar-refractivity contribution in [3.63, 3.8) is 0 Å². The smallest absolute Gasteiger partial charge is 0.338 e. The van der Waals surface area contributed by atoms with Crippen LogP contribution in [0.4, 0.5) is 0 Å². The lowest BCUT2D eigenvalue weighted by atomic mass is 9.91. The minimum absolute atomic E-state index is 0.192. The number of carbonyl (C=O) groups is 3. The molecule has 6 nitrogen and oxygen atoms in total. The number of ether oxygens (including phenoxy) is 2. The summed E-state index contributed by atoms with van der Waals surface area (Å²) in [4.78, 5) is 38.1. The first-order valence-corrected chi connectivity index (χ1v) is 13.2. The van der Waals surface area contributed by atoms with E-state index in [1.54, 1.807) is 13.0 Å². The van der Waals surface area contributed by atoms with Gasteiger partial charge in [0.25, 0.3) is 0 Å². The summed E-state index contributed by atoms with van der Waals surface area (Å²) in [6, 6.07) is 14.6.